The van der Waals surface area contributed by atoms with Gasteiger partial charge in [0.1, 0.15) is 22.8 Å². The Morgan fingerprint density at radius 3 is 1.05 bits per heavy atom. The number of esters is 2. The van der Waals surface area contributed by atoms with Crippen LogP contribution in [0.1, 0.15) is 34.6 Å². The van der Waals surface area contributed by atoms with Crippen LogP contribution in [-0.4, -0.2) is 25.2 Å². The molecule has 0 bridgehead atoms. The molecule has 0 amide bonds. The zero-order chi connectivity index (χ0) is 27.3. The number of rotatable bonds is 6. The van der Waals surface area contributed by atoms with Crippen molar-refractivity contribution in [3.63, 3.8) is 0 Å². The molecule has 0 heterocycles. The average molecular weight is 515 g/mol. The van der Waals surface area contributed by atoms with Crippen molar-refractivity contribution < 1.29 is 27.8 Å². The van der Waals surface area contributed by atoms with Crippen molar-refractivity contribution in [2.75, 3.05) is 13.2 Å². The first-order valence-corrected chi connectivity index (χ1v) is 12.2. The van der Waals surface area contributed by atoms with Crippen molar-refractivity contribution in [2.45, 2.75) is 13.8 Å². The van der Waals surface area contributed by atoms with Crippen LogP contribution >= 0.6 is 0 Å². The largest absolute Gasteiger partial charge is 0.462 e. The summed E-state index contributed by atoms with van der Waals surface area (Å²) in [5.74, 6) is -4.28. The summed E-state index contributed by atoms with van der Waals surface area (Å²) in [6.07, 6.45) is 0. The maximum absolute atomic E-state index is 16.5. The van der Waals surface area contributed by atoms with Crippen molar-refractivity contribution >= 4 is 11.9 Å². The van der Waals surface area contributed by atoms with E-state index in [1.54, 1.807) is 98.8 Å². The SMILES string of the molecule is CCOC(=O)c1c(F)c(-c2ccccccccc2)c(C(=O)OCC)c(F)c1-c1ccccccccc1. The first-order valence-electron chi connectivity index (χ1n) is 12.2. The molecule has 0 saturated carbocycles. The molecular weight excluding hydrogens is 486 g/mol. The fraction of sp³-hybridized carbons (Fsp3) is 0.125. The maximum Gasteiger partial charge on any atom is 0.341 e. The second kappa shape index (κ2) is 14.2. The molecule has 0 fully saturated rings. The van der Waals surface area contributed by atoms with E-state index < -0.39 is 45.8 Å². The minimum absolute atomic E-state index is 0.0565. The Hall–Kier alpha value is -4.58. The van der Waals surface area contributed by atoms with E-state index in [1.807, 2.05) is 0 Å². The Balaban J connectivity index is 2.56. The highest BCUT2D eigenvalue weighted by molar-refractivity contribution is 6.06. The molecule has 0 unspecified atom stereocenters. The summed E-state index contributed by atoms with van der Waals surface area (Å²) in [4.78, 5) is 26.2. The first kappa shape index (κ1) is 28.0. The zero-order valence-corrected chi connectivity index (χ0v) is 21.2. The Kier molecular flexibility index (Phi) is 10.5. The third kappa shape index (κ3) is 6.79. The van der Waals surface area contributed by atoms with E-state index in [0.29, 0.717) is 0 Å². The van der Waals surface area contributed by atoms with Crippen LogP contribution in [0.25, 0.3) is 22.3 Å². The second-order valence-electron chi connectivity index (χ2n) is 7.84. The monoisotopic (exact) mass is 514 g/mol. The number of hydrogen-bond donors (Lipinski definition) is 0. The molecule has 6 heteroatoms. The molecule has 3 rings (SSSR count). The summed E-state index contributed by atoms with van der Waals surface area (Å²) in [7, 11) is 0. The molecule has 0 N–H and O–H groups in total. The Labute approximate surface area is 221 Å². The van der Waals surface area contributed by atoms with Gasteiger partial charge in [0.15, 0.2) is 0 Å². The van der Waals surface area contributed by atoms with E-state index >= 15 is 8.78 Å². The smallest absolute Gasteiger partial charge is 0.341 e. The summed E-state index contributed by atoms with van der Waals surface area (Å²) in [5.41, 5.74) is -1.68. The minimum atomic E-state index is -1.09. The van der Waals surface area contributed by atoms with Gasteiger partial charge >= 0.3 is 11.9 Å². The summed E-state index contributed by atoms with van der Waals surface area (Å²) >= 11 is 0. The number of carbonyl (C=O) groups is 2. The highest BCUT2D eigenvalue weighted by atomic mass is 19.1. The van der Waals surface area contributed by atoms with Gasteiger partial charge in [-0.25, -0.2) is 18.4 Å². The maximum atomic E-state index is 16.5. The third-order valence-corrected chi connectivity index (χ3v) is 5.35. The summed E-state index contributed by atoms with van der Waals surface area (Å²) in [6, 6.07) is 30.0. The number of hydrogen-bond acceptors (Lipinski definition) is 4. The Morgan fingerprint density at radius 1 is 0.526 bits per heavy atom. The lowest BCUT2D eigenvalue weighted by atomic mass is 9.89. The van der Waals surface area contributed by atoms with Crippen molar-refractivity contribution in [1.82, 2.24) is 0 Å². The fourth-order valence-electron chi connectivity index (χ4n) is 3.74. The molecule has 0 aromatic heterocycles. The van der Waals surface area contributed by atoms with Crippen molar-refractivity contribution in [2.24, 2.45) is 0 Å². The summed E-state index contributed by atoms with van der Waals surface area (Å²) in [5, 5.41) is 0. The van der Waals surface area contributed by atoms with Gasteiger partial charge in [0.05, 0.1) is 13.2 Å². The van der Waals surface area contributed by atoms with Crippen LogP contribution < -0.4 is 0 Å². The van der Waals surface area contributed by atoms with Crippen LogP contribution in [0, 0.1) is 11.6 Å². The number of halogens is 2. The Bertz CT molecular complexity index is 1260. The fourth-order valence-corrected chi connectivity index (χ4v) is 3.74. The molecular formula is C32H28F2O4. The van der Waals surface area contributed by atoms with Crippen molar-refractivity contribution in [3.8, 4) is 22.3 Å². The second-order valence-corrected chi connectivity index (χ2v) is 7.84. The van der Waals surface area contributed by atoms with Crippen LogP contribution in [0.15, 0.2) is 109 Å². The molecule has 0 atom stereocenters. The van der Waals surface area contributed by atoms with E-state index in [1.165, 1.54) is 24.3 Å². The van der Waals surface area contributed by atoms with Crippen LogP contribution in [0.2, 0.25) is 0 Å². The normalized spacial score (nSPS) is 10.0. The van der Waals surface area contributed by atoms with Gasteiger partial charge in [0, 0.05) is 11.1 Å². The van der Waals surface area contributed by atoms with Crippen LogP contribution in [0.5, 0.6) is 0 Å². The minimum Gasteiger partial charge on any atom is -0.462 e. The van der Waals surface area contributed by atoms with Gasteiger partial charge < -0.3 is 9.47 Å². The van der Waals surface area contributed by atoms with E-state index in [-0.39, 0.29) is 24.3 Å². The molecule has 0 aliphatic carbocycles. The molecule has 0 aliphatic rings. The van der Waals surface area contributed by atoms with Crippen LogP contribution in [-0.2, 0) is 9.47 Å². The number of benzene rings is 1. The van der Waals surface area contributed by atoms with Gasteiger partial charge in [-0.1, -0.05) is 109 Å². The molecule has 0 aliphatic heterocycles. The zero-order valence-electron chi connectivity index (χ0n) is 21.2. The molecule has 0 radical (unpaired) electrons. The molecule has 194 valence electrons. The molecule has 3 aromatic carbocycles. The van der Waals surface area contributed by atoms with Gasteiger partial charge in [0.2, 0.25) is 0 Å². The number of ether oxygens (including phenoxy) is 2. The van der Waals surface area contributed by atoms with Gasteiger partial charge in [-0.05, 0) is 25.0 Å². The lowest BCUT2D eigenvalue weighted by molar-refractivity contribution is 0.0504. The molecule has 38 heavy (non-hydrogen) atoms. The van der Waals surface area contributed by atoms with Crippen LogP contribution in [0.3, 0.4) is 0 Å². The summed E-state index contributed by atoms with van der Waals surface area (Å²) < 4.78 is 43.3. The van der Waals surface area contributed by atoms with Gasteiger partial charge in [-0.3, -0.25) is 0 Å². The van der Waals surface area contributed by atoms with Gasteiger partial charge in [0.25, 0.3) is 0 Å². The highest BCUT2D eigenvalue weighted by Crippen LogP contribution is 2.39. The highest BCUT2D eigenvalue weighted by Gasteiger charge is 2.33. The topological polar surface area (TPSA) is 52.6 Å². The first-order chi connectivity index (χ1) is 18.5. The lowest BCUT2D eigenvalue weighted by Gasteiger charge is -2.18. The predicted octanol–water partition coefficient (Wildman–Crippen LogP) is 7.90. The molecule has 4 nitrogen and oxygen atoms in total. The van der Waals surface area contributed by atoms with Crippen LogP contribution in [0.4, 0.5) is 8.78 Å². The third-order valence-electron chi connectivity index (χ3n) is 5.35. The van der Waals surface area contributed by atoms with Gasteiger partial charge in [-0.2, -0.15) is 0 Å². The average Bonchev–Trinajstić information content (AvgIpc) is 2.91. The van der Waals surface area contributed by atoms with E-state index in [2.05, 4.69) is 0 Å². The van der Waals surface area contributed by atoms with E-state index in [0.717, 1.165) is 0 Å². The standard InChI is InChI=1S/C32H28F2O4/c1-3-37-31(35)27-25(23-19-15-11-7-5-8-12-16-20-23)30(34)28(32(36)38-4-2)26(29(27)33)24-21-17-13-9-6-10-14-18-22-24/h5-22H,3-4H2,1-2H3. The lowest BCUT2D eigenvalue weighted by Crippen LogP contribution is -2.17. The molecule has 3 aromatic rings. The summed E-state index contributed by atoms with van der Waals surface area (Å²) in [6.45, 7) is 3.02. The quantitative estimate of drug-likeness (QED) is 0.314. The molecule has 0 spiro atoms. The van der Waals surface area contributed by atoms with E-state index in [9.17, 15) is 9.59 Å². The van der Waals surface area contributed by atoms with Gasteiger partial charge in [-0.15, -0.1) is 0 Å². The Morgan fingerprint density at radius 2 is 0.789 bits per heavy atom. The van der Waals surface area contributed by atoms with Crippen molar-refractivity contribution in [1.29, 1.82) is 0 Å². The molecule has 0 saturated heterocycles. The van der Waals surface area contributed by atoms with E-state index in [4.69, 9.17) is 9.47 Å². The predicted molar refractivity (Wildman–Crippen MR) is 144 cm³/mol. The van der Waals surface area contributed by atoms with Crippen molar-refractivity contribution in [3.05, 3.63) is 132 Å². The number of carbonyl (C=O) groups excluding carboxylic acids is 2.